The van der Waals surface area contributed by atoms with Gasteiger partial charge in [-0.25, -0.2) is 0 Å². The molecule has 0 aromatic heterocycles. The number of β-amino-alcohol motifs (C(OH)–C–C–N with tert-alkyl or cyclic N) is 1. The molecule has 1 aliphatic heterocycles. The summed E-state index contributed by atoms with van der Waals surface area (Å²) < 4.78 is 0. The molecule has 3 rings (SSSR count). The van der Waals surface area contributed by atoms with Crippen LogP contribution in [0.5, 0.6) is 0 Å². The minimum Gasteiger partial charge on any atom is -0.391 e. The Kier molecular flexibility index (Phi) is 6.29. The van der Waals surface area contributed by atoms with E-state index in [1.165, 1.54) is 0 Å². The zero-order chi connectivity index (χ0) is 17.8. The van der Waals surface area contributed by atoms with E-state index in [-0.39, 0.29) is 5.91 Å². The standard InChI is InChI=1S/C19H19Cl2NO2S/c20-15-6-7-17(21)18(10-15)25-12-13-3-1-4-14(9-13)19(24)22-8-2-5-16(23)11-22/h1,3-4,6-7,9-10,16,23H,2,5,8,11-12H2. The first-order chi connectivity index (χ1) is 12.0. The van der Waals surface area contributed by atoms with Crippen molar-refractivity contribution in [3.8, 4) is 0 Å². The van der Waals surface area contributed by atoms with Crippen LogP contribution in [-0.2, 0) is 5.75 Å². The summed E-state index contributed by atoms with van der Waals surface area (Å²) in [6, 6.07) is 13.0. The monoisotopic (exact) mass is 395 g/mol. The van der Waals surface area contributed by atoms with Gasteiger partial charge in [0, 0.05) is 34.3 Å². The first-order valence-electron chi connectivity index (χ1n) is 8.17. The highest BCUT2D eigenvalue weighted by Gasteiger charge is 2.23. The minimum atomic E-state index is -0.415. The molecule has 0 saturated carbocycles. The molecule has 1 heterocycles. The van der Waals surface area contributed by atoms with E-state index in [2.05, 4.69) is 0 Å². The van der Waals surface area contributed by atoms with Gasteiger partial charge in [-0.1, -0.05) is 35.3 Å². The molecule has 0 aliphatic carbocycles. The molecule has 1 N–H and O–H groups in total. The number of hydrogen-bond acceptors (Lipinski definition) is 3. The summed E-state index contributed by atoms with van der Waals surface area (Å²) in [6.07, 6.45) is 1.19. The summed E-state index contributed by atoms with van der Waals surface area (Å²) in [5, 5.41) is 11.1. The highest BCUT2D eigenvalue weighted by molar-refractivity contribution is 7.98. The molecule has 0 radical (unpaired) electrons. The topological polar surface area (TPSA) is 40.5 Å². The number of aliphatic hydroxyl groups is 1. The summed E-state index contributed by atoms with van der Waals surface area (Å²) in [4.78, 5) is 15.3. The Balaban J connectivity index is 1.69. The number of piperidine rings is 1. The molecule has 1 unspecified atom stereocenters. The zero-order valence-electron chi connectivity index (χ0n) is 13.6. The Hall–Kier alpha value is -1.20. The Morgan fingerprint density at radius 3 is 2.88 bits per heavy atom. The molecule has 6 heteroatoms. The summed E-state index contributed by atoms with van der Waals surface area (Å²) in [7, 11) is 0. The van der Waals surface area contributed by atoms with Crippen molar-refractivity contribution in [1.29, 1.82) is 0 Å². The number of nitrogens with zero attached hydrogens (tertiary/aromatic N) is 1. The molecule has 1 fully saturated rings. The number of aliphatic hydroxyl groups excluding tert-OH is 1. The maximum atomic E-state index is 12.6. The van der Waals surface area contributed by atoms with E-state index in [0.29, 0.717) is 34.5 Å². The number of benzene rings is 2. The van der Waals surface area contributed by atoms with E-state index in [0.717, 1.165) is 23.3 Å². The van der Waals surface area contributed by atoms with Crippen molar-refractivity contribution in [1.82, 2.24) is 4.90 Å². The lowest BCUT2D eigenvalue weighted by Gasteiger charge is -2.30. The molecular weight excluding hydrogens is 377 g/mol. The van der Waals surface area contributed by atoms with E-state index in [4.69, 9.17) is 23.2 Å². The second-order valence-corrected chi connectivity index (χ2v) is 7.97. The second-order valence-electron chi connectivity index (χ2n) is 6.11. The van der Waals surface area contributed by atoms with E-state index >= 15 is 0 Å². The fourth-order valence-electron chi connectivity index (χ4n) is 2.86. The number of carbonyl (C=O) groups excluding carboxylic acids is 1. The molecule has 25 heavy (non-hydrogen) atoms. The Labute approximate surface area is 161 Å². The fourth-order valence-corrected chi connectivity index (χ4v) is 4.30. The van der Waals surface area contributed by atoms with E-state index in [9.17, 15) is 9.90 Å². The SMILES string of the molecule is O=C(c1cccc(CSc2cc(Cl)ccc2Cl)c1)N1CCCC(O)C1. The van der Waals surface area contributed by atoms with Gasteiger partial charge >= 0.3 is 0 Å². The quantitative estimate of drug-likeness (QED) is 0.749. The van der Waals surface area contributed by atoms with E-state index in [1.807, 2.05) is 30.3 Å². The molecule has 2 aromatic carbocycles. The van der Waals surface area contributed by atoms with Gasteiger partial charge < -0.3 is 10.0 Å². The summed E-state index contributed by atoms with van der Waals surface area (Å²) in [5.41, 5.74) is 1.70. The molecule has 132 valence electrons. The maximum Gasteiger partial charge on any atom is 0.253 e. The number of hydrogen-bond donors (Lipinski definition) is 1. The fraction of sp³-hybridized carbons (Fsp3) is 0.316. The van der Waals surface area contributed by atoms with E-state index in [1.54, 1.807) is 28.8 Å². The summed E-state index contributed by atoms with van der Waals surface area (Å²) in [6.45, 7) is 1.11. The van der Waals surface area contributed by atoms with Crippen LogP contribution < -0.4 is 0 Å². The lowest BCUT2D eigenvalue weighted by Crippen LogP contribution is -2.42. The van der Waals surface area contributed by atoms with Crippen LogP contribution in [-0.4, -0.2) is 35.1 Å². The van der Waals surface area contributed by atoms with Crippen LogP contribution in [0.25, 0.3) is 0 Å². The number of rotatable bonds is 4. The number of thioether (sulfide) groups is 1. The van der Waals surface area contributed by atoms with Crippen molar-refractivity contribution >= 4 is 40.9 Å². The Bertz CT molecular complexity index is 769. The van der Waals surface area contributed by atoms with Crippen molar-refractivity contribution in [2.75, 3.05) is 13.1 Å². The van der Waals surface area contributed by atoms with Gasteiger partial charge in [0.15, 0.2) is 0 Å². The van der Waals surface area contributed by atoms with E-state index < -0.39 is 6.10 Å². The zero-order valence-corrected chi connectivity index (χ0v) is 15.9. The molecule has 3 nitrogen and oxygen atoms in total. The van der Waals surface area contributed by atoms with Crippen molar-refractivity contribution in [2.45, 2.75) is 29.6 Å². The molecular formula is C19H19Cl2NO2S. The summed E-state index contributed by atoms with van der Waals surface area (Å²) >= 11 is 13.8. The highest BCUT2D eigenvalue weighted by Crippen LogP contribution is 2.32. The van der Waals surface area contributed by atoms with Crippen LogP contribution in [0.4, 0.5) is 0 Å². The molecule has 1 aliphatic rings. The maximum absolute atomic E-state index is 12.6. The average Bonchev–Trinajstić information content (AvgIpc) is 2.62. The predicted octanol–water partition coefficient (Wildman–Crippen LogP) is 4.88. The molecule has 2 aromatic rings. The molecule has 0 bridgehead atoms. The molecule has 1 amide bonds. The largest absolute Gasteiger partial charge is 0.391 e. The van der Waals surface area contributed by atoms with Crippen LogP contribution in [0.1, 0.15) is 28.8 Å². The van der Waals surface area contributed by atoms with Crippen LogP contribution in [0.2, 0.25) is 10.0 Å². The van der Waals surface area contributed by atoms with Crippen LogP contribution in [0.15, 0.2) is 47.4 Å². The summed E-state index contributed by atoms with van der Waals surface area (Å²) in [5.74, 6) is 0.676. The highest BCUT2D eigenvalue weighted by atomic mass is 35.5. The van der Waals surface area contributed by atoms with Gasteiger partial charge in [-0.3, -0.25) is 4.79 Å². The number of halogens is 2. The van der Waals surface area contributed by atoms with Gasteiger partial charge in [-0.2, -0.15) is 0 Å². The lowest BCUT2D eigenvalue weighted by molar-refractivity contribution is 0.0473. The van der Waals surface area contributed by atoms with Crippen LogP contribution in [0.3, 0.4) is 0 Å². The van der Waals surface area contributed by atoms with Gasteiger partial charge in [-0.05, 0) is 48.7 Å². The van der Waals surface area contributed by atoms with Crippen LogP contribution in [0, 0.1) is 0 Å². The number of likely N-dealkylation sites (tertiary alicyclic amines) is 1. The Morgan fingerprint density at radius 1 is 1.24 bits per heavy atom. The van der Waals surface area contributed by atoms with Crippen molar-refractivity contribution in [3.63, 3.8) is 0 Å². The smallest absolute Gasteiger partial charge is 0.253 e. The van der Waals surface area contributed by atoms with Crippen molar-refractivity contribution < 1.29 is 9.90 Å². The second kappa shape index (κ2) is 8.45. The van der Waals surface area contributed by atoms with Crippen LogP contribution >= 0.6 is 35.0 Å². The van der Waals surface area contributed by atoms with Gasteiger partial charge in [0.1, 0.15) is 0 Å². The first-order valence-corrected chi connectivity index (χ1v) is 9.91. The normalized spacial score (nSPS) is 17.6. The van der Waals surface area contributed by atoms with Gasteiger partial charge in [-0.15, -0.1) is 11.8 Å². The van der Waals surface area contributed by atoms with Gasteiger partial charge in [0.2, 0.25) is 0 Å². The molecule has 1 saturated heterocycles. The third-order valence-electron chi connectivity index (χ3n) is 4.15. The van der Waals surface area contributed by atoms with Gasteiger partial charge in [0.25, 0.3) is 5.91 Å². The lowest BCUT2D eigenvalue weighted by atomic mass is 10.1. The average molecular weight is 396 g/mol. The number of carbonyl (C=O) groups is 1. The minimum absolute atomic E-state index is 0.0219. The van der Waals surface area contributed by atoms with Crippen molar-refractivity contribution in [2.24, 2.45) is 0 Å². The molecule has 1 atom stereocenters. The third-order valence-corrected chi connectivity index (χ3v) is 5.95. The third kappa shape index (κ3) is 4.91. The van der Waals surface area contributed by atoms with Crippen molar-refractivity contribution in [3.05, 3.63) is 63.6 Å². The molecule has 0 spiro atoms. The number of amides is 1. The first kappa shape index (κ1) is 18.6. The Morgan fingerprint density at radius 2 is 2.08 bits per heavy atom. The van der Waals surface area contributed by atoms with Gasteiger partial charge in [0.05, 0.1) is 11.1 Å². The predicted molar refractivity (Wildman–Crippen MR) is 104 cm³/mol.